The molecule has 0 spiro atoms. The van der Waals surface area contributed by atoms with Gasteiger partial charge in [0.05, 0.1) is 0 Å². The molecule has 1 rings (SSSR count). The zero-order chi connectivity index (χ0) is 15.2. The average molecular weight is 297 g/mol. The molecule has 0 aromatic heterocycles. The number of allylic oxidation sites excluding steroid dienone is 2. The second-order valence-electron chi connectivity index (χ2n) is 7.96. The molecule has 20 heavy (non-hydrogen) atoms. The van der Waals surface area contributed by atoms with Crippen LogP contribution in [-0.2, 0) is 4.43 Å². The maximum absolute atomic E-state index is 6.55. The topological polar surface area (TPSA) is 9.23 Å². The van der Waals surface area contributed by atoms with Crippen molar-refractivity contribution in [3.05, 3.63) is 12.2 Å². The molecule has 0 aromatic carbocycles. The summed E-state index contributed by atoms with van der Waals surface area (Å²) in [5.74, 6) is 0.872. The Morgan fingerprint density at radius 1 is 1.25 bits per heavy atom. The van der Waals surface area contributed by atoms with Gasteiger partial charge in [-0.25, -0.2) is 0 Å². The fourth-order valence-electron chi connectivity index (χ4n) is 2.65. The minimum atomic E-state index is -1.59. The van der Waals surface area contributed by atoms with Crippen LogP contribution >= 0.6 is 0 Å². The second-order valence-corrected chi connectivity index (χ2v) is 12.7. The van der Waals surface area contributed by atoms with E-state index in [9.17, 15) is 0 Å². The van der Waals surface area contributed by atoms with E-state index < -0.39 is 8.32 Å². The van der Waals surface area contributed by atoms with E-state index in [1.165, 1.54) is 38.5 Å². The molecule has 0 saturated heterocycles. The Morgan fingerprint density at radius 3 is 2.45 bits per heavy atom. The highest BCUT2D eigenvalue weighted by molar-refractivity contribution is 6.74. The summed E-state index contributed by atoms with van der Waals surface area (Å²) < 4.78 is 6.55. The second kappa shape index (κ2) is 7.79. The van der Waals surface area contributed by atoms with E-state index in [-0.39, 0.29) is 0 Å². The summed E-state index contributed by atoms with van der Waals surface area (Å²) in [5, 5.41) is 0.328. The van der Waals surface area contributed by atoms with Crippen molar-refractivity contribution in [2.45, 2.75) is 96.9 Å². The third-order valence-electron chi connectivity index (χ3n) is 5.19. The predicted octanol–water partition coefficient (Wildman–Crippen LogP) is 6.31. The molecule has 118 valence electrons. The summed E-state index contributed by atoms with van der Waals surface area (Å²) in [6, 6.07) is 0. The molecule has 2 atom stereocenters. The van der Waals surface area contributed by atoms with Gasteiger partial charge in [0, 0.05) is 6.10 Å². The van der Waals surface area contributed by atoms with E-state index in [0.717, 1.165) is 12.3 Å². The molecular formula is C18H36OSi. The monoisotopic (exact) mass is 296 g/mol. The lowest BCUT2D eigenvalue weighted by molar-refractivity contribution is 0.162. The first kappa shape index (κ1) is 18.0. The number of hydrogen-bond donors (Lipinski definition) is 0. The molecule has 0 radical (unpaired) electrons. The molecular weight excluding hydrogens is 260 g/mol. The smallest absolute Gasteiger partial charge is 0.192 e. The molecule has 1 nitrogen and oxygen atoms in total. The standard InChI is InChI=1S/C18H36OSi/c1-7-17(19-20(5,6)18(2,3)4)15-11-10-14-16-12-8-9-13-16/h8,12,16-17H,7,9-11,13-15H2,1-6H3. The van der Waals surface area contributed by atoms with E-state index in [4.69, 9.17) is 4.43 Å². The van der Waals surface area contributed by atoms with Crippen molar-refractivity contribution in [1.29, 1.82) is 0 Å². The van der Waals surface area contributed by atoms with Crippen molar-refractivity contribution in [3.63, 3.8) is 0 Å². The summed E-state index contributed by atoms with van der Waals surface area (Å²) in [4.78, 5) is 0. The van der Waals surface area contributed by atoms with Crippen LogP contribution in [0.1, 0.15) is 72.6 Å². The van der Waals surface area contributed by atoms with Crippen molar-refractivity contribution < 1.29 is 4.43 Å². The van der Waals surface area contributed by atoms with E-state index >= 15 is 0 Å². The predicted molar refractivity (Wildman–Crippen MR) is 92.7 cm³/mol. The molecule has 2 heteroatoms. The van der Waals surface area contributed by atoms with Gasteiger partial charge in [-0.15, -0.1) is 0 Å². The molecule has 0 bridgehead atoms. The van der Waals surface area contributed by atoms with Gasteiger partial charge in [0.2, 0.25) is 0 Å². The van der Waals surface area contributed by atoms with Crippen molar-refractivity contribution in [1.82, 2.24) is 0 Å². The van der Waals surface area contributed by atoms with Crippen LogP contribution in [0.5, 0.6) is 0 Å². The fourth-order valence-corrected chi connectivity index (χ4v) is 4.13. The Bertz CT molecular complexity index is 301. The third-order valence-corrected chi connectivity index (χ3v) is 9.72. The van der Waals surface area contributed by atoms with E-state index in [1.54, 1.807) is 0 Å². The maximum atomic E-state index is 6.55. The Labute approximate surface area is 128 Å². The lowest BCUT2D eigenvalue weighted by Gasteiger charge is -2.39. The van der Waals surface area contributed by atoms with Crippen molar-refractivity contribution in [3.8, 4) is 0 Å². The van der Waals surface area contributed by atoms with Gasteiger partial charge in [-0.1, -0.05) is 52.7 Å². The summed E-state index contributed by atoms with van der Waals surface area (Å²) in [6.07, 6.45) is 14.4. The number of unbranched alkanes of at least 4 members (excludes halogenated alkanes) is 1. The molecule has 0 aromatic rings. The van der Waals surface area contributed by atoms with Crippen molar-refractivity contribution in [2.75, 3.05) is 0 Å². The quantitative estimate of drug-likeness (QED) is 0.289. The van der Waals surface area contributed by atoms with E-state index in [0.29, 0.717) is 11.1 Å². The number of hydrogen-bond acceptors (Lipinski definition) is 1. The lowest BCUT2D eigenvalue weighted by Crippen LogP contribution is -2.43. The van der Waals surface area contributed by atoms with Crippen LogP contribution in [0.2, 0.25) is 18.1 Å². The SMILES string of the molecule is CCC(CCCCC1C=CCC1)O[Si](C)(C)C(C)(C)C. The Balaban J connectivity index is 2.27. The maximum Gasteiger partial charge on any atom is 0.192 e. The fraction of sp³-hybridized carbons (Fsp3) is 0.889. The first-order chi connectivity index (χ1) is 9.26. The highest BCUT2D eigenvalue weighted by Gasteiger charge is 2.38. The van der Waals surface area contributed by atoms with Crippen LogP contribution in [0.25, 0.3) is 0 Å². The first-order valence-corrected chi connectivity index (χ1v) is 11.5. The van der Waals surface area contributed by atoms with E-state index in [1.807, 2.05) is 0 Å². The summed E-state index contributed by atoms with van der Waals surface area (Å²) in [6.45, 7) is 14.0. The summed E-state index contributed by atoms with van der Waals surface area (Å²) in [7, 11) is -1.59. The highest BCUT2D eigenvalue weighted by atomic mass is 28.4. The van der Waals surface area contributed by atoms with Crippen LogP contribution in [0.15, 0.2) is 12.2 Å². The highest BCUT2D eigenvalue weighted by Crippen LogP contribution is 2.38. The summed E-state index contributed by atoms with van der Waals surface area (Å²) >= 11 is 0. The molecule has 0 saturated carbocycles. The van der Waals surface area contributed by atoms with E-state index in [2.05, 4.69) is 52.9 Å². The van der Waals surface area contributed by atoms with Gasteiger partial charge in [-0.2, -0.15) is 0 Å². The molecule has 1 aliphatic rings. The molecule has 0 heterocycles. The zero-order valence-electron chi connectivity index (χ0n) is 14.7. The van der Waals surface area contributed by atoms with Crippen LogP contribution in [-0.4, -0.2) is 14.4 Å². The normalized spacial score (nSPS) is 21.4. The van der Waals surface area contributed by atoms with Gasteiger partial charge in [0.1, 0.15) is 0 Å². The van der Waals surface area contributed by atoms with Crippen LogP contribution in [0.3, 0.4) is 0 Å². The summed E-state index contributed by atoms with van der Waals surface area (Å²) in [5.41, 5.74) is 0. The molecule has 0 N–H and O–H groups in total. The Morgan fingerprint density at radius 2 is 1.95 bits per heavy atom. The number of rotatable bonds is 8. The van der Waals surface area contributed by atoms with Gasteiger partial charge in [-0.05, 0) is 56.2 Å². The van der Waals surface area contributed by atoms with Crippen molar-refractivity contribution in [2.24, 2.45) is 5.92 Å². The molecule has 0 fully saturated rings. The van der Waals surface area contributed by atoms with Crippen molar-refractivity contribution >= 4 is 8.32 Å². The minimum absolute atomic E-state index is 0.328. The van der Waals surface area contributed by atoms with Gasteiger partial charge < -0.3 is 4.43 Å². The molecule has 1 aliphatic carbocycles. The van der Waals surface area contributed by atoms with Crippen LogP contribution in [0.4, 0.5) is 0 Å². The Kier molecular flexibility index (Phi) is 7.00. The van der Waals surface area contributed by atoms with Gasteiger partial charge in [-0.3, -0.25) is 0 Å². The van der Waals surface area contributed by atoms with Gasteiger partial charge in [0.15, 0.2) is 8.32 Å². The van der Waals surface area contributed by atoms with Gasteiger partial charge >= 0.3 is 0 Å². The lowest BCUT2D eigenvalue weighted by atomic mass is 9.99. The molecule has 0 amide bonds. The largest absolute Gasteiger partial charge is 0.414 e. The molecule has 0 aliphatic heterocycles. The first-order valence-electron chi connectivity index (χ1n) is 8.60. The van der Waals surface area contributed by atoms with Crippen LogP contribution < -0.4 is 0 Å². The third kappa shape index (κ3) is 5.73. The zero-order valence-corrected chi connectivity index (χ0v) is 15.7. The Hall–Kier alpha value is -0.0831. The van der Waals surface area contributed by atoms with Crippen LogP contribution in [0, 0.1) is 5.92 Å². The molecule has 2 unspecified atom stereocenters. The van der Waals surface area contributed by atoms with Gasteiger partial charge in [0.25, 0.3) is 0 Å². The average Bonchev–Trinajstić information content (AvgIpc) is 2.84. The minimum Gasteiger partial charge on any atom is -0.414 e.